The fourth-order valence-electron chi connectivity index (χ4n) is 6.12. The van der Waals surface area contributed by atoms with Gasteiger partial charge in [0, 0.05) is 16.2 Å². The van der Waals surface area contributed by atoms with Crippen molar-refractivity contribution in [1.29, 1.82) is 0 Å². The molecule has 29 heavy (non-hydrogen) atoms. The standard InChI is InChI=1S/C27H26O2/c1-25(15-11-19(28)12-16-25)27(26(2)17-13-20(29)14-18-26)23-9-5-3-7-21(23)22-8-4-6-10-24(22)27/h3-15,17,28-29H,16,18H2,1-2H3. The molecule has 2 aromatic carbocycles. The molecule has 3 aliphatic carbocycles. The molecule has 0 saturated carbocycles. The van der Waals surface area contributed by atoms with Gasteiger partial charge in [-0.3, -0.25) is 0 Å². The summed E-state index contributed by atoms with van der Waals surface area (Å²) in [5.41, 5.74) is 4.38. The monoisotopic (exact) mass is 382 g/mol. The van der Waals surface area contributed by atoms with Gasteiger partial charge in [-0.05, 0) is 59.4 Å². The summed E-state index contributed by atoms with van der Waals surface area (Å²) in [6.07, 6.45) is 13.4. The third kappa shape index (κ3) is 2.23. The van der Waals surface area contributed by atoms with E-state index in [-0.39, 0.29) is 16.2 Å². The van der Waals surface area contributed by atoms with E-state index in [9.17, 15) is 10.2 Å². The predicted octanol–water partition coefficient (Wildman–Crippen LogP) is 6.77. The second-order valence-electron chi connectivity index (χ2n) is 9.01. The van der Waals surface area contributed by atoms with Gasteiger partial charge >= 0.3 is 0 Å². The van der Waals surface area contributed by atoms with Crippen LogP contribution in [0.25, 0.3) is 11.1 Å². The summed E-state index contributed by atoms with van der Waals surface area (Å²) in [7, 11) is 0. The zero-order valence-electron chi connectivity index (χ0n) is 16.9. The Balaban J connectivity index is 1.89. The average molecular weight is 383 g/mol. The first-order valence-electron chi connectivity index (χ1n) is 10.3. The maximum atomic E-state index is 10.1. The van der Waals surface area contributed by atoms with Crippen LogP contribution in [0.4, 0.5) is 0 Å². The lowest BCUT2D eigenvalue weighted by molar-refractivity contribution is 0.110. The van der Waals surface area contributed by atoms with E-state index in [1.54, 1.807) is 0 Å². The molecule has 0 heterocycles. The van der Waals surface area contributed by atoms with Crippen LogP contribution in [0.2, 0.25) is 0 Å². The second kappa shape index (κ2) is 6.00. The molecule has 0 radical (unpaired) electrons. The number of hydrogen-bond donors (Lipinski definition) is 2. The van der Waals surface area contributed by atoms with Gasteiger partial charge in [-0.25, -0.2) is 0 Å². The van der Waals surface area contributed by atoms with E-state index in [1.165, 1.54) is 22.3 Å². The number of aliphatic hydroxyl groups excluding tert-OH is 2. The Morgan fingerprint density at radius 1 is 0.655 bits per heavy atom. The number of rotatable bonds is 2. The highest BCUT2D eigenvalue weighted by molar-refractivity contribution is 5.83. The van der Waals surface area contributed by atoms with Gasteiger partial charge in [0.2, 0.25) is 0 Å². The van der Waals surface area contributed by atoms with Crippen LogP contribution in [-0.4, -0.2) is 10.2 Å². The lowest BCUT2D eigenvalue weighted by atomic mass is 9.45. The molecule has 0 bridgehead atoms. The van der Waals surface area contributed by atoms with Crippen LogP contribution >= 0.6 is 0 Å². The molecular formula is C27H26O2. The summed E-state index contributed by atoms with van der Waals surface area (Å²) < 4.78 is 0. The summed E-state index contributed by atoms with van der Waals surface area (Å²) in [5, 5.41) is 20.2. The summed E-state index contributed by atoms with van der Waals surface area (Å²) in [6.45, 7) is 4.62. The van der Waals surface area contributed by atoms with E-state index in [0.29, 0.717) is 11.5 Å². The Morgan fingerprint density at radius 3 is 1.45 bits per heavy atom. The Morgan fingerprint density at radius 2 is 1.07 bits per heavy atom. The van der Waals surface area contributed by atoms with Gasteiger partial charge in [-0.2, -0.15) is 0 Å². The van der Waals surface area contributed by atoms with Gasteiger partial charge in [0.15, 0.2) is 0 Å². The van der Waals surface area contributed by atoms with Gasteiger partial charge in [-0.15, -0.1) is 0 Å². The first-order valence-corrected chi connectivity index (χ1v) is 10.3. The van der Waals surface area contributed by atoms with Gasteiger partial charge < -0.3 is 10.2 Å². The van der Waals surface area contributed by atoms with Crippen LogP contribution in [0.15, 0.2) is 96.5 Å². The van der Waals surface area contributed by atoms with Crippen LogP contribution in [-0.2, 0) is 5.41 Å². The smallest absolute Gasteiger partial charge is 0.111 e. The SMILES string of the molecule is CC1(C2(C3(C)C=CC(O)=CC3)c3ccccc3-c3ccccc32)C=CC(O)=CC1. The number of allylic oxidation sites excluding steroid dienone is 6. The first-order chi connectivity index (χ1) is 13.9. The summed E-state index contributed by atoms with van der Waals surface area (Å²) >= 11 is 0. The van der Waals surface area contributed by atoms with E-state index >= 15 is 0 Å². The van der Waals surface area contributed by atoms with Crippen LogP contribution in [0.5, 0.6) is 0 Å². The van der Waals surface area contributed by atoms with E-state index in [1.807, 2.05) is 24.3 Å². The van der Waals surface area contributed by atoms with E-state index in [0.717, 1.165) is 12.8 Å². The Bertz CT molecular complexity index is 1030. The average Bonchev–Trinajstić information content (AvgIpc) is 3.05. The van der Waals surface area contributed by atoms with E-state index in [4.69, 9.17) is 0 Å². The van der Waals surface area contributed by atoms with Crippen LogP contribution < -0.4 is 0 Å². The van der Waals surface area contributed by atoms with Crippen molar-refractivity contribution in [3.8, 4) is 11.1 Å². The lowest BCUT2D eigenvalue weighted by Gasteiger charge is -2.57. The quantitative estimate of drug-likeness (QED) is 0.602. The summed E-state index contributed by atoms with van der Waals surface area (Å²) in [5.74, 6) is 0.665. The molecule has 2 atom stereocenters. The fourth-order valence-corrected chi connectivity index (χ4v) is 6.12. The molecule has 5 rings (SSSR count). The zero-order valence-corrected chi connectivity index (χ0v) is 16.9. The van der Waals surface area contributed by atoms with Crippen molar-refractivity contribution in [2.75, 3.05) is 0 Å². The summed E-state index contributed by atoms with van der Waals surface area (Å²) in [4.78, 5) is 0. The fraction of sp³-hybridized carbons (Fsp3) is 0.259. The molecule has 0 aromatic heterocycles. The molecular weight excluding hydrogens is 356 g/mol. The van der Waals surface area contributed by atoms with Crippen molar-refractivity contribution < 1.29 is 10.2 Å². The number of fused-ring (bicyclic) bond motifs is 3. The topological polar surface area (TPSA) is 40.5 Å². The first kappa shape index (κ1) is 18.1. The van der Waals surface area contributed by atoms with Crippen molar-refractivity contribution in [3.05, 3.63) is 108 Å². The minimum Gasteiger partial charge on any atom is -0.508 e. The highest BCUT2D eigenvalue weighted by atomic mass is 16.3. The minimum atomic E-state index is -0.339. The Kier molecular flexibility index (Phi) is 3.73. The molecule has 146 valence electrons. The molecule has 0 saturated heterocycles. The number of benzene rings is 2. The molecule has 2 unspecified atom stereocenters. The normalized spacial score (nSPS) is 29.0. The van der Waals surface area contributed by atoms with Crippen molar-refractivity contribution in [3.63, 3.8) is 0 Å². The minimum absolute atomic E-state index is 0.248. The maximum absolute atomic E-state index is 10.1. The highest BCUT2D eigenvalue weighted by Gasteiger charge is 2.62. The largest absolute Gasteiger partial charge is 0.508 e. The van der Waals surface area contributed by atoms with Crippen molar-refractivity contribution >= 4 is 0 Å². The molecule has 2 heteroatoms. The van der Waals surface area contributed by atoms with E-state index < -0.39 is 0 Å². The third-order valence-electron chi connectivity index (χ3n) is 7.38. The molecule has 2 aromatic rings. The van der Waals surface area contributed by atoms with Gasteiger partial charge in [0.25, 0.3) is 0 Å². The Labute approximate surface area is 172 Å². The van der Waals surface area contributed by atoms with E-state index in [2.05, 4.69) is 74.5 Å². The number of aliphatic hydroxyl groups is 2. The summed E-state index contributed by atoms with van der Waals surface area (Å²) in [6, 6.07) is 17.5. The Hall–Kier alpha value is -3.00. The molecule has 0 spiro atoms. The van der Waals surface area contributed by atoms with Crippen molar-refractivity contribution in [1.82, 2.24) is 0 Å². The van der Waals surface area contributed by atoms with Gasteiger partial charge in [-0.1, -0.05) is 74.5 Å². The molecule has 2 N–H and O–H groups in total. The lowest BCUT2D eigenvalue weighted by Crippen LogP contribution is -2.54. The third-order valence-corrected chi connectivity index (χ3v) is 7.38. The van der Waals surface area contributed by atoms with Gasteiger partial charge in [0.1, 0.15) is 11.5 Å². The molecule has 0 amide bonds. The van der Waals surface area contributed by atoms with Crippen molar-refractivity contribution in [2.24, 2.45) is 10.8 Å². The zero-order chi connectivity index (χ0) is 20.3. The molecule has 3 aliphatic rings. The molecule has 0 aliphatic heterocycles. The number of hydrogen-bond acceptors (Lipinski definition) is 2. The molecule has 2 nitrogen and oxygen atoms in total. The van der Waals surface area contributed by atoms with Crippen LogP contribution in [0.3, 0.4) is 0 Å². The van der Waals surface area contributed by atoms with Crippen LogP contribution in [0.1, 0.15) is 37.8 Å². The van der Waals surface area contributed by atoms with Gasteiger partial charge in [0.05, 0.1) is 0 Å². The maximum Gasteiger partial charge on any atom is 0.111 e. The molecule has 0 fully saturated rings. The van der Waals surface area contributed by atoms with Crippen LogP contribution in [0, 0.1) is 10.8 Å². The van der Waals surface area contributed by atoms with Crippen molar-refractivity contribution in [2.45, 2.75) is 32.1 Å². The second-order valence-corrected chi connectivity index (χ2v) is 9.01. The predicted molar refractivity (Wildman–Crippen MR) is 118 cm³/mol. The highest BCUT2D eigenvalue weighted by Crippen LogP contribution is 2.68.